The van der Waals surface area contributed by atoms with Gasteiger partial charge in [-0.05, 0) is 34.1 Å². The first-order chi connectivity index (χ1) is 9.34. The van der Waals surface area contributed by atoms with Gasteiger partial charge in [-0.3, -0.25) is 4.79 Å². The van der Waals surface area contributed by atoms with Gasteiger partial charge in [0.1, 0.15) is 6.61 Å². The number of ether oxygens (including phenoxy) is 2. The predicted molar refractivity (Wildman–Crippen MR) is 78.5 cm³/mol. The Balaban J connectivity index is 2.61. The van der Waals surface area contributed by atoms with Crippen molar-refractivity contribution in [3.63, 3.8) is 0 Å². The van der Waals surface area contributed by atoms with Crippen LogP contribution in [0.4, 0.5) is 5.69 Å². The Kier molecular flexibility index (Phi) is 6.90. The highest BCUT2D eigenvalue weighted by Crippen LogP contribution is 2.27. The Hall–Kier alpha value is -0.670. The molecule has 20 heavy (non-hydrogen) atoms. The summed E-state index contributed by atoms with van der Waals surface area (Å²) < 4.78 is 32.5. The van der Waals surface area contributed by atoms with E-state index in [0.717, 1.165) is 0 Å². The second kappa shape index (κ2) is 7.94. The Morgan fingerprint density at radius 1 is 1.40 bits per heavy atom. The summed E-state index contributed by atoms with van der Waals surface area (Å²) in [6.45, 7) is 0.606. The number of hydrogen-bond donors (Lipinski definition) is 1. The van der Waals surface area contributed by atoms with Gasteiger partial charge in [-0.25, -0.2) is 8.42 Å². The molecular formula is C11H13BrClNO5S. The van der Waals surface area contributed by atoms with Gasteiger partial charge in [0.2, 0.25) is 5.91 Å². The molecule has 0 aliphatic carbocycles. The van der Waals surface area contributed by atoms with Crippen molar-refractivity contribution in [3.05, 3.63) is 22.7 Å². The Labute approximate surface area is 129 Å². The number of carbonyl (C=O) groups is 1. The van der Waals surface area contributed by atoms with E-state index in [1.807, 2.05) is 0 Å². The van der Waals surface area contributed by atoms with E-state index in [1.165, 1.54) is 25.3 Å². The zero-order chi connectivity index (χ0) is 15.2. The van der Waals surface area contributed by atoms with Crippen molar-refractivity contribution in [3.8, 4) is 0 Å². The van der Waals surface area contributed by atoms with Crippen molar-refractivity contribution < 1.29 is 22.7 Å². The van der Waals surface area contributed by atoms with E-state index in [1.54, 1.807) is 0 Å². The third-order valence-electron chi connectivity index (χ3n) is 2.14. The third kappa shape index (κ3) is 5.76. The molecule has 1 N–H and O–H groups in total. The minimum atomic E-state index is -3.83. The van der Waals surface area contributed by atoms with Crippen LogP contribution in [0.25, 0.3) is 0 Å². The molecule has 0 atom stereocenters. The van der Waals surface area contributed by atoms with Crippen LogP contribution in [0, 0.1) is 0 Å². The summed E-state index contributed by atoms with van der Waals surface area (Å²) >= 11 is 3.08. The van der Waals surface area contributed by atoms with Gasteiger partial charge in [-0.15, -0.1) is 0 Å². The van der Waals surface area contributed by atoms with Crippen molar-refractivity contribution in [1.29, 1.82) is 0 Å². The van der Waals surface area contributed by atoms with E-state index in [2.05, 4.69) is 21.2 Å². The number of halogens is 2. The average molecular weight is 387 g/mol. The van der Waals surface area contributed by atoms with E-state index in [0.29, 0.717) is 18.9 Å². The SMILES string of the molecule is COCCOCC(=O)Nc1ccc(S(=O)(=O)Cl)c(Br)c1. The fourth-order valence-electron chi connectivity index (χ4n) is 1.28. The van der Waals surface area contributed by atoms with Crippen molar-refractivity contribution in [2.24, 2.45) is 0 Å². The molecule has 0 heterocycles. The molecule has 1 aromatic carbocycles. The van der Waals surface area contributed by atoms with Gasteiger partial charge in [0, 0.05) is 28.0 Å². The monoisotopic (exact) mass is 385 g/mol. The van der Waals surface area contributed by atoms with Crippen LogP contribution in [0.5, 0.6) is 0 Å². The van der Waals surface area contributed by atoms with Crippen LogP contribution in [-0.2, 0) is 23.3 Å². The van der Waals surface area contributed by atoms with Crippen molar-refractivity contribution in [2.45, 2.75) is 4.90 Å². The zero-order valence-electron chi connectivity index (χ0n) is 10.6. The first kappa shape index (κ1) is 17.4. The normalized spacial score (nSPS) is 11.3. The number of rotatable bonds is 7. The van der Waals surface area contributed by atoms with Gasteiger partial charge in [-0.1, -0.05) is 0 Å². The van der Waals surface area contributed by atoms with Crippen LogP contribution in [0.1, 0.15) is 0 Å². The molecule has 1 amide bonds. The van der Waals surface area contributed by atoms with Crippen molar-refractivity contribution in [1.82, 2.24) is 0 Å². The van der Waals surface area contributed by atoms with Crippen LogP contribution in [0.2, 0.25) is 0 Å². The summed E-state index contributed by atoms with van der Waals surface area (Å²) in [4.78, 5) is 11.5. The van der Waals surface area contributed by atoms with Gasteiger partial charge in [0.15, 0.2) is 0 Å². The highest BCUT2D eigenvalue weighted by atomic mass is 79.9. The number of carbonyl (C=O) groups excluding carboxylic acids is 1. The lowest BCUT2D eigenvalue weighted by atomic mass is 10.3. The molecule has 9 heteroatoms. The lowest BCUT2D eigenvalue weighted by Crippen LogP contribution is -2.19. The summed E-state index contributed by atoms with van der Waals surface area (Å²) in [6, 6.07) is 4.18. The lowest BCUT2D eigenvalue weighted by molar-refractivity contribution is -0.121. The minimum Gasteiger partial charge on any atom is -0.382 e. The molecule has 0 fully saturated rings. The summed E-state index contributed by atoms with van der Waals surface area (Å²) in [5, 5.41) is 2.57. The van der Waals surface area contributed by atoms with E-state index in [4.69, 9.17) is 20.2 Å². The van der Waals surface area contributed by atoms with Crippen LogP contribution in [0.3, 0.4) is 0 Å². The van der Waals surface area contributed by atoms with E-state index in [9.17, 15) is 13.2 Å². The molecule has 1 rings (SSSR count). The molecular weight excluding hydrogens is 374 g/mol. The van der Waals surface area contributed by atoms with Gasteiger partial charge >= 0.3 is 0 Å². The molecule has 0 saturated carbocycles. The lowest BCUT2D eigenvalue weighted by Gasteiger charge is -2.08. The molecule has 0 saturated heterocycles. The largest absolute Gasteiger partial charge is 0.382 e. The number of nitrogens with one attached hydrogen (secondary N) is 1. The fourth-order valence-corrected chi connectivity index (χ4v) is 3.50. The first-order valence-electron chi connectivity index (χ1n) is 5.45. The molecule has 0 aliphatic heterocycles. The molecule has 0 aliphatic rings. The molecule has 0 radical (unpaired) electrons. The van der Waals surface area contributed by atoms with Crippen LogP contribution in [0.15, 0.2) is 27.6 Å². The van der Waals surface area contributed by atoms with Gasteiger partial charge < -0.3 is 14.8 Å². The smallest absolute Gasteiger partial charge is 0.262 e. The summed E-state index contributed by atoms with van der Waals surface area (Å²) in [7, 11) is 2.95. The van der Waals surface area contributed by atoms with Crippen molar-refractivity contribution >= 4 is 47.3 Å². The summed E-state index contributed by atoms with van der Waals surface area (Å²) in [6.07, 6.45) is 0. The van der Waals surface area contributed by atoms with Gasteiger partial charge in [0.25, 0.3) is 9.05 Å². The Morgan fingerprint density at radius 3 is 2.65 bits per heavy atom. The van der Waals surface area contributed by atoms with E-state index in [-0.39, 0.29) is 21.9 Å². The second-order valence-corrected chi connectivity index (χ2v) is 7.07. The number of methoxy groups -OCH3 is 1. The maximum absolute atomic E-state index is 11.5. The molecule has 0 unspecified atom stereocenters. The maximum Gasteiger partial charge on any atom is 0.262 e. The number of amides is 1. The third-order valence-corrected chi connectivity index (χ3v) is 4.44. The highest BCUT2D eigenvalue weighted by molar-refractivity contribution is 9.10. The molecule has 0 aromatic heterocycles. The first-order valence-corrected chi connectivity index (χ1v) is 8.55. The quantitative estimate of drug-likeness (QED) is 0.572. The van der Waals surface area contributed by atoms with Gasteiger partial charge in [0.05, 0.1) is 18.1 Å². The molecule has 0 bridgehead atoms. The van der Waals surface area contributed by atoms with E-state index < -0.39 is 9.05 Å². The summed E-state index contributed by atoms with van der Waals surface area (Å²) in [5.74, 6) is -0.352. The van der Waals surface area contributed by atoms with Crippen LogP contribution < -0.4 is 5.32 Å². The number of hydrogen-bond acceptors (Lipinski definition) is 5. The zero-order valence-corrected chi connectivity index (χ0v) is 13.7. The summed E-state index contributed by atoms with van der Waals surface area (Å²) in [5.41, 5.74) is 0.432. The topological polar surface area (TPSA) is 81.7 Å². The van der Waals surface area contributed by atoms with E-state index >= 15 is 0 Å². The molecule has 6 nitrogen and oxygen atoms in total. The fraction of sp³-hybridized carbons (Fsp3) is 0.364. The highest BCUT2D eigenvalue weighted by Gasteiger charge is 2.15. The van der Waals surface area contributed by atoms with Crippen LogP contribution in [-0.4, -0.2) is 41.3 Å². The standard InChI is InChI=1S/C11H13BrClNO5S/c1-18-4-5-19-7-11(15)14-8-2-3-10(9(12)6-8)20(13,16)17/h2-3,6H,4-5,7H2,1H3,(H,14,15). The van der Waals surface area contributed by atoms with Crippen molar-refractivity contribution in [2.75, 3.05) is 32.2 Å². The second-order valence-electron chi connectivity index (χ2n) is 3.68. The Bertz CT molecular complexity index is 578. The number of anilines is 1. The van der Waals surface area contributed by atoms with Crippen LogP contribution >= 0.6 is 26.6 Å². The molecule has 1 aromatic rings. The maximum atomic E-state index is 11.5. The molecule has 112 valence electrons. The predicted octanol–water partition coefficient (Wildman–Crippen LogP) is 1.98. The molecule has 0 spiro atoms. The average Bonchev–Trinajstić information content (AvgIpc) is 2.33. The number of benzene rings is 1. The van der Waals surface area contributed by atoms with Gasteiger partial charge in [-0.2, -0.15) is 0 Å². The minimum absolute atomic E-state index is 0.0616. The Morgan fingerprint density at radius 2 is 2.10 bits per heavy atom.